The van der Waals surface area contributed by atoms with Crippen LogP contribution < -0.4 is 4.74 Å². The summed E-state index contributed by atoms with van der Waals surface area (Å²) >= 11 is 0. The largest absolute Gasteiger partial charge is 0.507 e. The molecule has 5 rings (SSSR count). The molecular weight excluding hydrogens is 562 g/mol. The molecule has 12 heteroatoms. The zero-order valence-corrected chi connectivity index (χ0v) is 24.9. The van der Waals surface area contributed by atoms with E-state index in [1.165, 1.54) is 25.3 Å². The van der Waals surface area contributed by atoms with Gasteiger partial charge in [-0.05, 0) is 33.5 Å². The molecule has 0 spiro atoms. The van der Waals surface area contributed by atoms with Crippen LogP contribution in [-0.4, -0.2) is 101 Å². The van der Waals surface area contributed by atoms with Crippen LogP contribution in [0.5, 0.6) is 17.2 Å². The van der Waals surface area contributed by atoms with Crippen LogP contribution in [-0.2, 0) is 19.0 Å². The first-order chi connectivity index (χ1) is 20.3. The van der Waals surface area contributed by atoms with Crippen molar-refractivity contribution in [2.45, 2.75) is 75.3 Å². The molecule has 2 aliphatic carbocycles. The lowest BCUT2D eigenvalue weighted by Crippen LogP contribution is -2.54. The molecule has 0 saturated carbocycles. The number of likely N-dealkylation sites (N-methyl/N-ethyl adjacent to an activating group) is 1. The number of carbonyl (C=O) groups excluding carboxylic acids is 3. The van der Waals surface area contributed by atoms with Gasteiger partial charge in [-0.15, -0.1) is 0 Å². The fourth-order valence-corrected chi connectivity index (χ4v) is 6.75. The molecule has 7 atom stereocenters. The molecule has 3 aliphatic rings. The second-order valence-corrected chi connectivity index (χ2v) is 11.6. The van der Waals surface area contributed by atoms with Gasteiger partial charge in [0.1, 0.15) is 23.2 Å². The summed E-state index contributed by atoms with van der Waals surface area (Å²) in [6.45, 7) is 3.33. The van der Waals surface area contributed by atoms with Gasteiger partial charge in [0.05, 0.1) is 54.8 Å². The van der Waals surface area contributed by atoms with Gasteiger partial charge in [0, 0.05) is 35.6 Å². The average Bonchev–Trinajstić information content (AvgIpc) is 2.98. The highest BCUT2D eigenvalue weighted by molar-refractivity contribution is 6.31. The van der Waals surface area contributed by atoms with E-state index < -0.39 is 76.3 Å². The summed E-state index contributed by atoms with van der Waals surface area (Å²) in [5, 5.41) is 46.1. The third-order valence-corrected chi connectivity index (χ3v) is 9.09. The first-order valence-electron chi connectivity index (χ1n) is 14.1. The summed E-state index contributed by atoms with van der Waals surface area (Å²) < 4.78 is 22.6. The van der Waals surface area contributed by atoms with Crippen LogP contribution >= 0.6 is 0 Å². The number of benzene rings is 2. The Morgan fingerprint density at radius 3 is 2.33 bits per heavy atom. The minimum atomic E-state index is -1.84. The van der Waals surface area contributed by atoms with Crippen molar-refractivity contribution in [3.63, 3.8) is 0 Å². The summed E-state index contributed by atoms with van der Waals surface area (Å²) in [5.41, 5.74) is -3.31. The molecule has 1 heterocycles. The summed E-state index contributed by atoms with van der Waals surface area (Å²) in [6.07, 6.45) is -3.59. The molecule has 0 amide bonds. The van der Waals surface area contributed by atoms with Gasteiger partial charge in [-0.3, -0.25) is 14.4 Å². The Balaban J connectivity index is 1.74. The Bertz CT molecular complexity index is 1490. The Hall–Kier alpha value is -3.55. The first kappa shape index (κ1) is 30.9. The highest BCUT2D eigenvalue weighted by Gasteiger charge is 2.55. The molecule has 43 heavy (non-hydrogen) atoms. The molecule has 4 N–H and O–H groups in total. The fraction of sp³-hybridized carbons (Fsp3) is 0.516. The fourth-order valence-electron chi connectivity index (χ4n) is 6.75. The maximum atomic E-state index is 13.9. The monoisotopic (exact) mass is 599 g/mol. The molecule has 1 fully saturated rings. The molecule has 12 nitrogen and oxygen atoms in total. The molecular formula is C31H37NO11. The summed E-state index contributed by atoms with van der Waals surface area (Å²) in [5.74, 6) is -5.25. The Morgan fingerprint density at radius 1 is 1.07 bits per heavy atom. The summed E-state index contributed by atoms with van der Waals surface area (Å²) in [6, 6.07) is 4.07. The molecule has 2 aromatic carbocycles. The number of ketones is 2. The Labute approximate surface area is 248 Å². The minimum Gasteiger partial charge on any atom is -0.507 e. The van der Waals surface area contributed by atoms with E-state index >= 15 is 0 Å². The quantitative estimate of drug-likeness (QED) is 0.241. The van der Waals surface area contributed by atoms with Crippen LogP contribution in [0.25, 0.3) is 0 Å². The number of hydrogen-bond donors (Lipinski definition) is 4. The highest BCUT2D eigenvalue weighted by atomic mass is 16.7. The lowest BCUT2D eigenvalue weighted by atomic mass is 9.66. The molecule has 0 aromatic heterocycles. The minimum absolute atomic E-state index is 0.0111. The van der Waals surface area contributed by atoms with Gasteiger partial charge in [0.25, 0.3) is 0 Å². The van der Waals surface area contributed by atoms with Crippen LogP contribution in [0, 0.1) is 0 Å². The number of ether oxygens (including phenoxy) is 4. The van der Waals surface area contributed by atoms with Crippen LogP contribution in [0.3, 0.4) is 0 Å². The number of aromatic hydroxyl groups is 2. The maximum Gasteiger partial charge on any atom is 0.316 e. The number of phenols is 2. The van der Waals surface area contributed by atoms with Crippen molar-refractivity contribution in [2.24, 2.45) is 0 Å². The molecule has 232 valence electrons. The zero-order chi connectivity index (χ0) is 31.5. The molecule has 1 saturated heterocycles. The van der Waals surface area contributed by atoms with E-state index in [9.17, 15) is 34.8 Å². The molecule has 2 aromatic rings. The predicted molar refractivity (Wildman–Crippen MR) is 151 cm³/mol. The van der Waals surface area contributed by atoms with Crippen molar-refractivity contribution in [3.05, 3.63) is 51.6 Å². The topological polar surface area (TPSA) is 172 Å². The number of esters is 1. The van der Waals surface area contributed by atoms with Crippen molar-refractivity contribution in [1.82, 2.24) is 4.90 Å². The zero-order valence-electron chi connectivity index (χ0n) is 24.9. The van der Waals surface area contributed by atoms with Crippen LogP contribution in [0.4, 0.5) is 0 Å². The maximum absolute atomic E-state index is 13.9. The number of hydrogen-bond acceptors (Lipinski definition) is 12. The van der Waals surface area contributed by atoms with Gasteiger partial charge in [0.15, 0.2) is 12.1 Å². The number of rotatable bonds is 6. The van der Waals surface area contributed by atoms with E-state index in [1.807, 2.05) is 4.90 Å². The Morgan fingerprint density at radius 2 is 1.72 bits per heavy atom. The van der Waals surface area contributed by atoms with Crippen LogP contribution in [0.2, 0.25) is 0 Å². The second-order valence-electron chi connectivity index (χ2n) is 11.6. The number of nitrogens with zero attached hydrogens (tertiary/aromatic N) is 1. The normalized spacial score (nSPS) is 30.0. The number of carbonyl (C=O) groups is 3. The number of fused-ring (bicyclic) bond motifs is 3. The number of phenolic OH excluding ortho intramolecular Hbond substituents is 2. The van der Waals surface area contributed by atoms with E-state index in [4.69, 9.17) is 18.9 Å². The van der Waals surface area contributed by atoms with E-state index in [-0.39, 0.29) is 53.3 Å². The van der Waals surface area contributed by atoms with Gasteiger partial charge in [-0.25, -0.2) is 0 Å². The second kappa shape index (κ2) is 11.2. The van der Waals surface area contributed by atoms with Crippen molar-refractivity contribution < 1.29 is 53.8 Å². The third-order valence-electron chi connectivity index (χ3n) is 9.09. The highest BCUT2D eigenvalue weighted by Crippen LogP contribution is 2.57. The van der Waals surface area contributed by atoms with Crippen LogP contribution in [0.1, 0.15) is 88.1 Å². The summed E-state index contributed by atoms with van der Waals surface area (Å²) in [4.78, 5) is 42.7. The Kier molecular flexibility index (Phi) is 8.03. The lowest BCUT2D eigenvalue weighted by molar-refractivity contribution is -0.258. The van der Waals surface area contributed by atoms with Crippen molar-refractivity contribution in [3.8, 4) is 17.2 Å². The standard InChI is InChI=1S/C31H37NO11/c1-7-31(39)12-17(43-18-11-15(32(3)4)25(33)13(2)42-18)20-21(24(31)30(38)41-6)29(37)22-23(28(20)36)27(35)19-14(26(22)34)9-8-10-16(19)40-5/h8-10,13,15,17-18,24-25,33,36-37,39H,7,11-12H2,1-6H3/t13-,15-,17-,18-,24-,25+,31+/m0/s1. The van der Waals surface area contributed by atoms with Gasteiger partial charge in [-0.2, -0.15) is 0 Å². The molecule has 0 unspecified atom stereocenters. The molecule has 1 aliphatic heterocycles. The van der Waals surface area contributed by atoms with Gasteiger partial charge < -0.3 is 44.3 Å². The summed E-state index contributed by atoms with van der Waals surface area (Å²) in [7, 11) is 6.07. The van der Waals surface area contributed by atoms with Crippen molar-refractivity contribution >= 4 is 17.5 Å². The number of aliphatic hydroxyl groups is 2. The lowest BCUT2D eigenvalue weighted by Gasteiger charge is -2.46. The van der Waals surface area contributed by atoms with E-state index in [2.05, 4.69) is 0 Å². The SMILES string of the molecule is CC[C@@]1(O)C[C@H](O[C@H]2C[C@H](N(C)C)[C@H](O)[C@H](C)O2)c2c(O)c3c(c(O)c2[C@H]1C(=O)OC)C(=O)c1cccc(OC)c1C3=O. The van der Waals surface area contributed by atoms with Gasteiger partial charge >= 0.3 is 5.97 Å². The predicted octanol–water partition coefficient (Wildman–Crippen LogP) is 2.17. The van der Waals surface area contributed by atoms with Crippen molar-refractivity contribution in [1.29, 1.82) is 0 Å². The van der Waals surface area contributed by atoms with E-state index in [0.717, 1.165) is 7.11 Å². The average molecular weight is 600 g/mol. The number of aliphatic hydroxyl groups excluding tert-OH is 1. The molecule has 0 bridgehead atoms. The van der Waals surface area contributed by atoms with E-state index in [0.29, 0.717) is 0 Å². The van der Waals surface area contributed by atoms with Gasteiger partial charge in [-0.1, -0.05) is 19.1 Å². The van der Waals surface area contributed by atoms with E-state index in [1.54, 1.807) is 27.9 Å². The number of methoxy groups -OCH3 is 2. The smallest absolute Gasteiger partial charge is 0.316 e. The molecule has 0 radical (unpaired) electrons. The first-order valence-corrected chi connectivity index (χ1v) is 14.1. The van der Waals surface area contributed by atoms with Crippen molar-refractivity contribution in [2.75, 3.05) is 28.3 Å². The van der Waals surface area contributed by atoms with Gasteiger partial charge in [0.2, 0.25) is 5.78 Å². The third kappa shape index (κ3) is 4.68. The van der Waals surface area contributed by atoms with Crippen LogP contribution in [0.15, 0.2) is 18.2 Å².